The molecule has 1 unspecified atom stereocenters. The van der Waals surface area contributed by atoms with Gasteiger partial charge in [-0.2, -0.15) is 0 Å². The summed E-state index contributed by atoms with van der Waals surface area (Å²) in [5, 5.41) is 7.90. The van der Waals surface area contributed by atoms with Crippen molar-refractivity contribution < 1.29 is 8.83 Å². The van der Waals surface area contributed by atoms with E-state index < -0.39 is 6.17 Å². The number of nitrogens with zero attached hydrogens (tertiary/aromatic N) is 3. The molecule has 7 aromatic rings. The van der Waals surface area contributed by atoms with Crippen LogP contribution in [0.2, 0.25) is 5.02 Å². The summed E-state index contributed by atoms with van der Waals surface area (Å²) >= 11 is 6.87. The highest BCUT2D eigenvalue weighted by Crippen LogP contribution is 2.37. The lowest BCUT2D eigenvalue weighted by Gasteiger charge is -2.23. The van der Waals surface area contributed by atoms with Crippen LogP contribution in [0.1, 0.15) is 22.9 Å². The van der Waals surface area contributed by atoms with Crippen LogP contribution in [-0.2, 0) is 0 Å². The molecule has 6 nitrogen and oxygen atoms in total. The van der Waals surface area contributed by atoms with E-state index in [2.05, 4.69) is 28.5 Å². The molecule has 0 saturated carbocycles. The van der Waals surface area contributed by atoms with E-state index in [0.29, 0.717) is 28.0 Å². The van der Waals surface area contributed by atoms with Crippen molar-refractivity contribution in [3.8, 4) is 0 Å². The number of hydrogen-bond donors (Lipinski definition) is 1. The maximum Gasteiger partial charge on any atom is 0.227 e. The van der Waals surface area contributed by atoms with Gasteiger partial charge in [-0.25, -0.2) is 15.0 Å². The molecule has 1 atom stereocenters. The molecular weight excluding hydrogens is 508 g/mol. The van der Waals surface area contributed by atoms with E-state index in [9.17, 15) is 0 Å². The Hall–Kier alpha value is -4.94. The van der Waals surface area contributed by atoms with E-state index in [1.165, 1.54) is 0 Å². The number of rotatable bonds is 3. The van der Waals surface area contributed by atoms with Gasteiger partial charge in [-0.3, -0.25) is 0 Å². The van der Waals surface area contributed by atoms with Crippen LogP contribution in [0.5, 0.6) is 0 Å². The van der Waals surface area contributed by atoms with Crippen LogP contribution < -0.4 is 5.32 Å². The average molecular weight is 527 g/mol. The van der Waals surface area contributed by atoms with Crippen LogP contribution in [0, 0.1) is 0 Å². The van der Waals surface area contributed by atoms with E-state index in [4.69, 9.17) is 30.4 Å². The first-order valence-corrected chi connectivity index (χ1v) is 13.0. The summed E-state index contributed by atoms with van der Waals surface area (Å²) in [6.07, 6.45) is 1.20. The van der Waals surface area contributed by atoms with Crippen molar-refractivity contribution in [1.29, 1.82) is 0 Å². The summed E-state index contributed by atoms with van der Waals surface area (Å²) in [6, 6.07) is 31.8. The van der Waals surface area contributed by atoms with Gasteiger partial charge in [0.05, 0.1) is 5.02 Å². The van der Waals surface area contributed by atoms with Gasteiger partial charge < -0.3 is 14.2 Å². The summed E-state index contributed by atoms with van der Waals surface area (Å²) in [7, 11) is 0. The maximum absolute atomic E-state index is 6.87. The van der Waals surface area contributed by atoms with Crippen LogP contribution >= 0.6 is 11.6 Å². The molecule has 1 aliphatic rings. The van der Waals surface area contributed by atoms with E-state index >= 15 is 0 Å². The zero-order valence-electron chi connectivity index (χ0n) is 20.4. The molecule has 4 heterocycles. The molecule has 0 saturated heterocycles. The Labute approximate surface area is 227 Å². The third-order valence-corrected chi connectivity index (χ3v) is 7.40. The van der Waals surface area contributed by atoms with Gasteiger partial charge in [-0.15, -0.1) is 0 Å². The first-order valence-electron chi connectivity index (χ1n) is 12.6. The first-order chi connectivity index (χ1) is 19.2. The summed E-state index contributed by atoms with van der Waals surface area (Å²) < 4.78 is 12.2. The van der Waals surface area contributed by atoms with Gasteiger partial charge in [0.15, 0.2) is 6.17 Å². The van der Waals surface area contributed by atoms with E-state index in [1.807, 2.05) is 78.9 Å². The number of aliphatic imine (C=N–C) groups is 2. The quantitative estimate of drug-likeness (QED) is 0.253. The monoisotopic (exact) mass is 526 g/mol. The van der Waals surface area contributed by atoms with Crippen molar-refractivity contribution in [1.82, 2.24) is 10.3 Å². The third kappa shape index (κ3) is 3.53. The van der Waals surface area contributed by atoms with Crippen LogP contribution in [-0.4, -0.2) is 16.7 Å². The van der Waals surface area contributed by atoms with Gasteiger partial charge in [0.25, 0.3) is 0 Å². The van der Waals surface area contributed by atoms with E-state index in [0.717, 1.165) is 49.4 Å². The molecule has 0 spiro atoms. The number of hydrogen-bond acceptors (Lipinski definition) is 6. The molecule has 186 valence electrons. The number of nitrogens with one attached hydrogen (secondary N) is 1. The van der Waals surface area contributed by atoms with Gasteiger partial charge in [-0.1, -0.05) is 72.3 Å². The van der Waals surface area contributed by atoms with Crippen LogP contribution in [0.25, 0.3) is 44.0 Å². The molecule has 8 rings (SSSR count). The van der Waals surface area contributed by atoms with E-state index in [-0.39, 0.29) is 0 Å². The predicted molar refractivity (Wildman–Crippen MR) is 156 cm³/mol. The molecule has 39 heavy (non-hydrogen) atoms. The van der Waals surface area contributed by atoms with Crippen LogP contribution in [0.3, 0.4) is 0 Å². The Kier molecular flexibility index (Phi) is 4.84. The van der Waals surface area contributed by atoms with Gasteiger partial charge in [-0.05, 0) is 36.4 Å². The zero-order chi connectivity index (χ0) is 25.9. The van der Waals surface area contributed by atoms with Crippen molar-refractivity contribution in [3.05, 3.63) is 125 Å². The molecule has 0 amide bonds. The van der Waals surface area contributed by atoms with Crippen molar-refractivity contribution in [2.24, 2.45) is 9.98 Å². The first kappa shape index (κ1) is 22.1. The topological polar surface area (TPSA) is 75.9 Å². The summed E-state index contributed by atoms with van der Waals surface area (Å²) in [5.74, 6) is 1.31. The second kappa shape index (κ2) is 8.55. The minimum Gasteiger partial charge on any atom is -0.456 e. The Balaban J connectivity index is 1.34. The molecule has 7 heteroatoms. The number of benzene rings is 4. The smallest absolute Gasteiger partial charge is 0.227 e. The highest BCUT2D eigenvalue weighted by Gasteiger charge is 2.26. The van der Waals surface area contributed by atoms with Crippen LogP contribution in [0.4, 0.5) is 0 Å². The fourth-order valence-corrected chi connectivity index (χ4v) is 5.53. The van der Waals surface area contributed by atoms with Crippen molar-refractivity contribution >= 4 is 67.3 Å². The maximum atomic E-state index is 6.87. The molecule has 0 fully saturated rings. The lowest BCUT2D eigenvalue weighted by molar-refractivity contribution is 0.654. The second-order valence-corrected chi connectivity index (χ2v) is 9.83. The third-order valence-electron chi connectivity index (χ3n) is 7.09. The standard InChI is InChI=1S/C32H19ClN4O2/c33-23-14-15-25-27(22-10-6-16-34-32(22)39-25)28(23)31-36-29(18-7-2-1-3-8-18)35-30(37-31)19-12-13-21-20-9-4-5-11-24(20)38-26(21)17-19/h1-17,30H,(H,35,36,37). The fourth-order valence-electron chi connectivity index (χ4n) is 5.28. The molecule has 0 bridgehead atoms. The highest BCUT2D eigenvalue weighted by atomic mass is 35.5. The Morgan fingerprint density at radius 1 is 0.667 bits per heavy atom. The SMILES string of the molecule is Clc1ccc2oc3ncccc3c2c1C1=NC(c2ccc3c(c2)oc2ccccc23)N=C(c2ccccc2)N1. The van der Waals surface area contributed by atoms with Gasteiger partial charge in [0.2, 0.25) is 5.71 Å². The summed E-state index contributed by atoms with van der Waals surface area (Å²) in [4.78, 5) is 14.5. The summed E-state index contributed by atoms with van der Waals surface area (Å²) in [6.45, 7) is 0. The lowest BCUT2D eigenvalue weighted by Crippen LogP contribution is -2.36. The van der Waals surface area contributed by atoms with Crippen molar-refractivity contribution in [2.45, 2.75) is 6.17 Å². The zero-order valence-corrected chi connectivity index (χ0v) is 21.2. The lowest BCUT2D eigenvalue weighted by atomic mass is 10.0. The molecule has 0 aliphatic carbocycles. The van der Waals surface area contributed by atoms with E-state index in [1.54, 1.807) is 6.20 Å². The van der Waals surface area contributed by atoms with Gasteiger partial charge >= 0.3 is 0 Å². The molecular formula is C32H19ClN4O2. The molecule has 4 aromatic carbocycles. The van der Waals surface area contributed by atoms with Crippen molar-refractivity contribution in [2.75, 3.05) is 0 Å². The molecule has 1 aliphatic heterocycles. The number of amidine groups is 2. The number of halogens is 1. The summed E-state index contributed by atoms with van der Waals surface area (Å²) in [5.41, 5.74) is 5.50. The predicted octanol–water partition coefficient (Wildman–Crippen LogP) is 8.03. The Bertz CT molecular complexity index is 2130. The number of fused-ring (bicyclic) bond motifs is 6. The Morgan fingerprint density at radius 3 is 2.38 bits per heavy atom. The highest BCUT2D eigenvalue weighted by molar-refractivity contribution is 6.38. The fraction of sp³-hybridized carbons (Fsp3) is 0.0312. The minimum atomic E-state index is -0.517. The molecule has 3 aromatic heterocycles. The minimum absolute atomic E-state index is 0.517. The largest absolute Gasteiger partial charge is 0.456 e. The average Bonchev–Trinajstić information content (AvgIpc) is 3.55. The number of para-hydroxylation sites is 1. The van der Waals surface area contributed by atoms with Crippen molar-refractivity contribution in [3.63, 3.8) is 0 Å². The van der Waals surface area contributed by atoms with Gasteiger partial charge in [0.1, 0.15) is 28.4 Å². The number of aromatic nitrogens is 1. The number of furan rings is 2. The van der Waals surface area contributed by atoms with Gasteiger partial charge in [0, 0.05) is 44.4 Å². The Morgan fingerprint density at radius 2 is 1.46 bits per heavy atom. The second-order valence-electron chi connectivity index (χ2n) is 9.43. The number of pyridine rings is 1. The normalized spacial score (nSPS) is 15.6. The van der Waals surface area contributed by atoms with Crippen LogP contribution in [0.15, 0.2) is 122 Å². The molecule has 0 radical (unpaired) electrons. The molecule has 1 N–H and O–H groups in total.